The lowest BCUT2D eigenvalue weighted by atomic mass is 10.0. The standard InChI is InChI=1S/C18H13Cl2FN4O2/c19-14-2-1-11(6-15(14)20)24-8-12(9-26)25-17(18(24)27)13(7-23-25)10-3-4-22-16(21)5-10/h1-7,12,26H,8-9H2. The van der Waals surface area contributed by atoms with E-state index in [4.69, 9.17) is 23.2 Å². The van der Waals surface area contributed by atoms with E-state index in [1.165, 1.54) is 28.0 Å². The van der Waals surface area contributed by atoms with Crippen molar-refractivity contribution in [3.8, 4) is 11.1 Å². The van der Waals surface area contributed by atoms with E-state index in [0.717, 1.165) is 0 Å². The zero-order valence-electron chi connectivity index (χ0n) is 13.8. The fourth-order valence-corrected chi connectivity index (χ4v) is 3.44. The lowest BCUT2D eigenvalue weighted by Crippen LogP contribution is -2.44. The second-order valence-electron chi connectivity index (χ2n) is 6.07. The van der Waals surface area contributed by atoms with Crippen LogP contribution in [-0.4, -0.2) is 38.9 Å². The van der Waals surface area contributed by atoms with E-state index in [2.05, 4.69) is 10.1 Å². The Morgan fingerprint density at radius 3 is 2.74 bits per heavy atom. The van der Waals surface area contributed by atoms with Gasteiger partial charge in [0, 0.05) is 23.5 Å². The summed E-state index contributed by atoms with van der Waals surface area (Å²) in [5.41, 5.74) is 1.75. The van der Waals surface area contributed by atoms with E-state index in [1.807, 2.05) is 0 Å². The molecule has 0 spiro atoms. The highest BCUT2D eigenvalue weighted by Gasteiger charge is 2.35. The van der Waals surface area contributed by atoms with Crippen molar-refractivity contribution in [2.24, 2.45) is 0 Å². The molecule has 1 amide bonds. The van der Waals surface area contributed by atoms with Gasteiger partial charge in [0.2, 0.25) is 5.95 Å². The smallest absolute Gasteiger partial charge is 0.277 e. The third kappa shape index (κ3) is 3.07. The second kappa shape index (κ2) is 6.92. The fourth-order valence-electron chi connectivity index (χ4n) is 3.14. The lowest BCUT2D eigenvalue weighted by Gasteiger charge is -2.33. The minimum atomic E-state index is -0.657. The first-order valence-corrected chi connectivity index (χ1v) is 8.82. The Hall–Kier alpha value is -2.48. The number of halogens is 3. The van der Waals surface area contributed by atoms with Crippen molar-refractivity contribution in [3.05, 3.63) is 64.4 Å². The summed E-state index contributed by atoms with van der Waals surface area (Å²) in [7, 11) is 0. The Bertz CT molecular complexity index is 1040. The first kappa shape index (κ1) is 17.9. The number of fused-ring (bicyclic) bond motifs is 1. The number of carbonyl (C=O) groups is 1. The van der Waals surface area contributed by atoms with Gasteiger partial charge in [-0.15, -0.1) is 0 Å². The molecular formula is C18H13Cl2FN4O2. The largest absolute Gasteiger partial charge is 0.394 e. The Kier molecular flexibility index (Phi) is 4.59. The number of hydrogen-bond acceptors (Lipinski definition) is 4. The van der Waals surface area contributed by atoms with Gasteiger partial charge in [-0.3, -0.25) is 9.48 Å². The number of nitrogens with zero attached hydrogens (tertiary/aromatic N) is 4. The van der Waals surface area contributed by atoms with Gasteiger partial charge in [0.05, 0.1) is 35.4 Å². The molecule has 0 saturated carbocycles. The molecule has 0 aliphatic carbocycles. The van der Waals surface area contributed by atoms with Crippen molar-refractivity contribution in [1.29, 1.82) is 0 Å². The minimum Gasteiger partial charge on any atom is -0.394 e. The molecule has 1 unspecified atom stereocenters. The van der Waals surface area contributed by atoms with E-state index < -0.39 is 12.0 Å². The Morgan fingerprint density at radius 1 is 1.22 bits per heavy atom. The number of carbonyl (C=O) groups excluding carboxylic acids is 1. The molecule has 9 heteroatoms. The number of aliphatic hydroxyl groups excluding tert-OH is 1. The van der Waals surface area contributed by atoms with Gasteiger partial charge in [0.15, 0.2) is 0 Å². The van der Waals surface area contributed by atoms with Gasteiger partial charge in [-0.05, 0) is 29.8 Å². The highest BCUT2D eigenvalue weighted by molar-refractivity contribution is 6.42. The average molecular weight is 407 g/mol. The summed E-state index contributed by atoms with van der Waals surface area (Å²) in [6.45, 7) is -0.00392. The minimum absolute atomic E-state index is 0.214. The maximum Gasteiger partial charge on any atom is 0.277 e. The number of hydrogen-bond donors (Lipinski definition) is 1. The lowest BCUT2D eigenvalue weighted by molar-refractivity contribution is 0.0935. The van der Waals surface area contributed by atoms with Gasteiger partial charge in [-0.2, -0.15) is 9.49 Å². The van der Waals surface area contributed by atoms with Gasteiger partial charge in [-0.25, -0.2) is 4.98 Å². The van der Waals surface area contributed by atoms with Crippen LogP contribution in [0.4, 0.5) is 10.1 Å². The zero-order valence-corrected chi connectivity index (χ0v) is 15.3. The van der Waals surface area contributed by atoms with Crippen molar-refractivity contribution in [1.82, 2.24) is 14.8 Å². The van der Waals surface area contributed by atoms with Crippen LogP contribution in [0.15, 0.2) is 42.7 Å². The summed E-state index contributed by atoms with van der Waals surface area (Å²) < 4.78 is 15.0. The molecule has 138 valence electrons. The first-order valence-electron chi connectivity index (χ1n) is 8.07. The van der Waals surface area contributed by atoms with Crippen molar-refractivity contribution in [2.45, 2.75) is 6.04 Å². The maximum atomic E-state index is 13.6. The van der Waals surface area contributed by atoms with Crippen LogP contribution in [-0.2, 0) is 0 Å². The summed E-state index contributed by atoms with van der Waals surface area (Å²) in [6, 6.07) is 7.25. The maximum absolute atomic E-state index is 13.6. The molecule has 0 fully saturated rings. The van der Waals surface area contributed by atoms with Gasteiger partial charge in [0.1, 0.15) is 5.69 Å². The van der Waals surface area contributed by atoms with E-state index >= 15 is 0 Å². The van der Waals surface area contributed by atoms with Gasteiger partial charge in [-0.1, -0.05) is 23.2 Å². The van der Waals surface area contributed by atoms with Gasteiger partial charge < -0.3 is 10.0 Å². The Labute approximate surface area is 163 Å². The summed E-state index contributed by atoms with van der Waals surface area (Å²) in [4.78, 5) is 18.3. The molecule has 0 saturated heterocycles. The predicted molar refractivity (Wildman–Crippen MR) is 99.7 cm³/mol. The molecule has 3 heterocycles. The van der Waals surface area contributed by atoms with Crippen LogP contribution in [0.5, 0.6) is 0 Å². The van der Waals surface area contributed by atoms with Crippen LogP contribution in [0.1, 0.15) is 16.5 Å². The molecule has 0 bridgehead atoms. The highest BCUT2D eigenvalue weighted by Crippen LogP contribution is 2.34. The molecule has 1 aromatic carbocycles. The molecular weight excluding hydrogens is 394 g/mol. The molecule has 1 atom stereocenters. The number of rotatable bonds is 3. The molecule has 0 radical (unpaired) electrons. The van der Waals surface area contributed by atoms with Crippen LogP contribution in [0.3, 0.4) is 0 Å². The van der Waals surface area contributed by atoms with E-state index in [9.17, 15) is 14.3 Å². The number of anilines is 1. The molecule has 1 N–H and O–H groups in total. The Balaban J connectivity index is 1.84. The van der Waals surface area contributed by atoms with E-state index in [1.54, 1.807) is 24.3 Å². The first-order chi connectivity index (χ1) is 13.0. The number of aliphatic hydroxyl groups is 1. The molecule has 2 aromatic heterocycles. The van der Waals surface area contributed by atoms with E-state index in [-0.39, 0.29) is 24.8 Å². The molecule has 1 aliphatic rings. The van der Waals surface area contributed by atoms with Crippen molar-refractivity contribution >= 4 is 34.8 Å². The van der Waals surface area contributed by atoms with Crippen LogP contribution in [0.2, 0.25) is 10.0 Å². The van der Waals surface area contributed by atoms with Crippen LogP contribution in [0.25, 0.3) is 11.1 Å². The Morgan fingerprint density at radius 2 is 2.04 bits per heavy atom. The second-order valence-corrected chi connectivity index (χ2v) is 6.88. The van der Waals surface area contributed by atoms with Crippen molar-refractivity contribution in [3.63, 3.8) is 0 Å². The average Bonchev–Trinajstić information content (AvgIpc) is 3.10. The van der Waals surface area contributed by atoms with E-state index in [0.29, 0.717) is 26.9 Å². The number of amides is 1. The summed E-state index contributed by atoms with van der Waals surface area (Å²) in [5.74, 6) is -0.987. The molecule has 4 rings (SSSR count). The third-order valence-corrected chi connectivity index (χ3v) is 5.18. The van der Waals surface area contributed by atoms with Crippen LogP contribution >= 0.6 is 23.2 Å². The van der Waals surface area contributed by atoms with Gasteiger partial charge in [0.25, 0.3) is 5.91 Å². The highest BCUT2D eigenvalue weighted by atomic mass is 35.5. The SMILES string of the molecule is O=C1c2c(-c3ccnc(F)c3)cnn2C(CO)CN1c1ccc(Cl)c(Cl)c1. The quantitative estimate of drug-likeness (QED) is 0.674. The summed E-state index contributed by atoms with van der Waals surface area (Å²) in [5, 5.41) is 14.7. The fraction of sp³-hybridized carbons (Fsp3) is 0.167. The van der Waals surface area contributed by atoms with Crippen molar-refractivity contribution in [2.75, 3.05) is 18.1 Å². The molecule has 1 aliphatic heterocycles. The predicted octanol–water partition coefficient (Wildman–Crippen LogP) is 3.58. The normalized spacial score (nSPS) is 16.5. The molecule has 27 heavy (non-hydrogen) atoms. The van der Waals surface area contributed by atoms with Crippen molar-refractivity contribution < 1.29 is 14.3 Å². The number of benzene rings is 1. The monoisotopic (exact) mass is 406 g/mol. The number of pyridine rings is 1. The molecule has 3 aromatic rings. The topological polar surface area (TPSA) is 71.2 Å². The summed E-state index contributed by atoms with van der Waals surface area (Å²) >= 11 is 12.1. The third-order valence-electron chi connectivity index (χ3n) is 4.45. The van der Waals surface area contributed by atoms with Crippen LogP contribution in [0, 0.1) is 5.95 Å². The van der Waals surface area contributed by atoms with Gasteiger partial charge >= 0.3 is 0 Å². The molecule has 6 nitrogen and oxygen atoms in total. The summed E-state index contributed by atoms with van der Waals surface area (Å²) in [6.07, 6.45) is 2.81. The van der Waals surface area contributed by atoms with Crippen LogP contribution < -0.4 is 4.90 Å². The number of aromatic nitrogens is 3. The zero-order chi connectivity index (χ0) is 19.1.